The van der Waals surface area contributed by atoms with Crippen LogP contribution in [-0.2, 0) is 6.54 Å². The maximum atomic E-state index is 4.55. The molecule has 3 aromatic heterocycles. The molecule has 0 spiro atoms. The Morgan fingerprint density at radius 1 is 1.10 bits per heavy atom. The summed E-state index contributed by atoms with van der Waals surface area (Å²) in [4.78, 5) is 13.5. The van der Waals surface area contributed by atoms with Crippen LogP contribution in [0.4, 0.5) is 0 Å². The highest BCUT2D eigenvalue weighted by atomic mass is 15.4. The highest BCUT2D eigenvalue weighted by Gasteiger charge is 2.13. The third-order valence-electron chi connectivity index (χ3n) is 3.30. The molecule has 3 heterocycles. The Hall–Kier alpha value is -2.34. The molecule has 0 aliphatic rings. The Labute approximate surface area is 123 Å². The lowest BCUT2D eigenvalue weighted by Gasteiger charge is -2.04. The standard InChI is InChI=1S/C15H18N6/c1-9-5-10(2)19-15(18-9)21-14-13(11(3)20-21)6-12(7-16-4)8-17-14/h5-6,8,16H,7H2,1-4H3. The molecular formula is C15H18N6. The molecule has 6 nitrogen and oxygen atoms in total. The van der Waals surface area contributed by atoms with Crippen molar-refractivity contribution in [3.05, 3.63) is 41.0 Å². The van der Waals surface area contributed by atoms with Gasteiger partial charge in [0.2, 0.25) is 0 Å². The summed E-state index contributed by atoms with van der Waals surface area (Å²) in [5.74, 6) is 0.569. The molecule has 0 fully saturated rings. The molecule has 0 saturated heterocycles. The number of hydrogen-bond donors (Lipinski definition) is 1. The van der Waals surface area contributed by atoms with Crippen molar-refractivity contribution in [2.24, 2.45) is 0 Å². The van der Waals surface area contributed by atoms with Gasteiger partial charge in [-0.15, -0.1) is 0 Å². The number of hydrogen-bond acceptors (Lipinski definition) is 5. The summed E-state index contributed by atoms with van der Waals surface area (Å²) in [7, 11) is 1.92. The molecule has 0 bridgehead atoms. The van der Waals surface area contributed by atoms with Crippen molar-refractivity contribution in [2.75, 3.05) is 7.05 Å². The third-order valence-corrected chi connectivity index (χ3v) is 3.30. The summed E-state index contributed by atoms with van der Waals surface area (Å²) < 4.78 is 1.72. The van der Waals surface area contributed by atoms with Crippen LogP contribution in [0.25, 0.3) is 17.0 Å². The van der Waals surface area contributed by atoms with E-state index >= 15 is 0 Å². The highest BCUT2D eigenvalue weighted by Crippen LogP contribution is 2.19. The van der Waals surface area contributed by atoms with Crippen molar-refractivity contribution >= 4 is 11.0 Å². The molecule has 0 atom stereocenters. The molecule has 108 valence electrons. The summed E-state index contributed by atoms with van der Waals surface area (Å²) in [6.07, 6.45) is 1.86. The van der Waals surface area contributed by atoms with E-state index in [0.29, 0.717) is 5.95 Å². The Morgan fingerprint density at radius 2 is 1.81 bits per heavy atom. The molecule has 0 aliphatic carbocycles. The van der Waals surface area contributed by atoms with Crippen LogP contribution in [0.1, 0.15) is 22.6 Å². The Kier molecular flexibility index (Phi) is 3.39. The fourth-order valence-electron chi connectivity index (χ4n) is 2.43. The molecule has 0 saturated carbocycles. The van der Waals surface area contributed by atoms with Gasteiger partial charge in [-0.3, -0.25) is 0 Å². The number of aryl methyl sites for hydroxylation is 3. The first-order valence-corrected chi connectivity index (χ1v) is 6.90. The van der Waals surface area contributed by atoms with Gasteiger partial charge in [0.15, 0.2) is 5.65 Å². The molecule has 21 heavy (non-hydrogen) atoms. The Balaban J connectivity index is 2.19. The van der Waals surface area contributed by atoms with E-state index in [1.165, 1.54) is 0 Å². The van der Waals surface area contributed by atoms with Gasteiger partial charge in [0.05, 0.1) is 5.69 Å². The van der Waals surface area contributed by atoms with Crippen LogP contribution < -0.4 is 5.32 Å². The lowest BCUT2D eigenvalue weighted by atomic mass is 10.2. The zero-order valence-corrected chi connectivity index (χ0v) is 12.7. The molecule has 0 amide bonds. The number of fused-ring (bicyclic) bond motifs is 1. The predicted molar refractivity (Wildman–Crippen MR) is 81.4 cm³/mol. The van der Waals surface area contributed by atoms with Gasteiger partial charge < -0.3 is 5.32 Å². The van der Waals surface area contributed by atoms with Crippen molar-refractivity contribution in [1.82, 2.24) is 30.0 Å². The van der Waals surface area contributed by atoms with Crippen molar-refractivity contribution < 1.29 is 0 Å². The monoisotopic (exact) mass is 282 g/mol. The van der Waals surface area contributed by atoms with Gasteiger partial charge in [-0.25, -0.2) is 15.0 Å². The molecule has 0 unspecified atom stereocenters. The third kappa shape index (κ3) is 2.50. The second kappa shape index (κ2) is 5.21. The van der Waals surface area contributed by atoms with Crippen LogP contribution in [0, 0.1) is 20.8 Å². The lowest BCUT2D eigenvalue weighted by Crippen LogP contribution is -2.07. The van der Waals surface area contributed by atoms with E-state index in [0.717, 1.165) is 40.2 Å². The minimum Gasteiger partial charge on any atom is -0.316 e. The van der Waals surface area contributed by atoms with Crippen molar-refractivity contribution in [3.63, 3.8) is 0 Å². The van der Waals surface area contributed by atoms with Gasteiger partial charge in [0.1, 0.15) is 0 Å². The van der Waals surface area contributed by atoms with E-state index in [9.17, 15) is 0 Å². The van der Waals surface area contributed by atoms with E-state index in [2.05, 4.69) is 31.4 Å². The van der Waals surface area contributed by atoms with Crippen molar-refractivity contribution in [2.45, 2.75) is 27.3 Å². The number of aromatic nitrogens is 5. The fraction of sp³-hybridized carbons (Fsp3) is 0.333. The van der Waals surface area contributed by atoms with Crippen LogP contribution in [0.2, 0.25) is 0 Å². The maximum Gasteiger partial charge on any atom is 0.253 e. The largest absolute Gasteiger partial charge is 0.316 e. The first-order valence-electron chi connectivity index (χ1n) is 6.90. The van der Waals surface area contributed by atoms with Crippen LogP contribution in [0.3, 0.4) is 0 Å². The topological polar surface area (TPSA) is 68.5 Å². The van der Waals surface area contributed by atoms with E-state index in [1.807, 2.05) is 40.1 Å². The second-order valence-electron chi connectivity index (χ2n) is 5.19. The maximum absolute atomic E-state index is 4.55. The van der Waals surface area contributed by atoms with Crippen LogP contribution in [-0.4, -0.2) is 31.8 Å². The SMILES string of the molecule is CNCc1cnc2c(c1)c(C)nn2-c1nc(C)cc(C)n1. The minimum absolute atomic E-state index is 0.569. The highest BCUT2D eigenvalue weighted by molar-refractivity contribution is 5.79. The van der Waals surface area contributed by atoms with E-state index in [4.69, 9.17) is 0 Å². The number of rotatable bonds is 3. The van der Waals surface area contributed by atoms with Crippen molar-refractivity contribution in [3.8, 4) is 5.95 Å². The van der Waals surface area contributed by atoms with E-state index in [1.54, 1.807) is 4.68 Å². The second-order valence-corrected chi connectivity index (χ2v) is 5.19. The summed E-state index contributed by atoms with van der Waals surface area (Å²) in [6, 6.07) is 4.06. The van der Waals surface area contributed by atoms with Crippen molar-refractivity contribution in [1.29, 1.82) is 0 Å². The molecule has 1 N–H and O–H groups in total. The number of pyridine rings is 1. The molecule has 3 rings (SSSR count). The molecule has 0 radical (unpaired) electrons. The van der Waals surface area contributed by atoms with Gasteiger partial charge in [0.25, 0.3) is 5.95 Å². The molecule has 0 aromatic carbocycles. The predicted octanol–water partition coefficient (Wildman–Crippen LogP) is 1.86. The Morgan fingerprint density at radius 3 is 2.48 bits per heavy atom. The van der Waals surface area contributed by atoms with Gasteiger partial charge in [-0.1, -0.05) is 0 Å². The first-order chi connectivity index (χ1) is 10.1. The molecule has 3 aromatic rings. The van der Waals surface area contributed by atoms with Crippen LogP contribution in [0.15, 0.2) is 18.3 Å². The fourth-order valence-corrected chi connectivity index (χ4v) is 2.43. The minimum atomic E-state index is 0.569. The average molecular weight is 282 g/mol. The number of nitrogens with one attached hydrogen (secondary N) is 1. The van der Waals surface area contributed by atoms with E-state index < -0.39 is 0 Å². The summed E-state index contributed by atoms with van der Waals surface area (Å²) in [5, 5.41) is 8.71. The lowest BCUT2D eigenvalue weighted by molar-refractivity contribution is 0.794. The summed E-state index contributed by atoms with van der Waals surface area (Å²) >= 11 is 0. The zero-order chi connectivity index (χ0) is 15.0. The molecule has 6 heteroatoms. The zero-order valence-electron chi connectivity index (χ0n) is 12.7. The van der Waals surface area contributed by atoms with Crippen LogP contribution in [0.5, 0.6) is 0 Å². The molecule has 0 aliphatic heterocycles. The summed E-state index contributed by atoms with van der Waals surface area (Å²) in [6.45, 7) is 6.67. The normalized spacial score (nSPS) is 11.2. The smallest absolute Gasteiger partial charge is 0.253 e. The Bertz CT molecular complexity index is 785. The van der Waals surface area contributed by atoms with Gasteiger partial charge in [-0.05, 0) is 45.5 Å². The first kappa shape index (κ1) is 13.6. The van der Waals surface area contributed by atoms with Gasteiger partial charge >= 0.3 is 0 Å². The number of nitrogens with zero attached hydrogens (tertiary/aromatic N) is 5. The van der Waals surface area contributed by atoms with E-state index in [-0.39, 0.29) is 0 Å². The molecular weight excluding hydrogens is 264 g/mol. The van der Waals surface area contributed by atoms with Gasteiger partial charge in [0, 0.05) is 29.5 Å². The quantitative estimate of drug-likeness (QED) is 0.794. The van der Waals surface area contributed by atoms with Gasteiger partial charge in [-0.2, -0.15) is 9.78 Å². The summed E-state index contributed by atoms with van der Waals surface area (Å²) in [5.41, 5.74) is 4.70. The van der Waals surface area contributed by atoms with Crippen LogP contribution >= 0.6 is 0 Å². The average Bonchev–Trinajstić information content (AvgIpc) is 2.75.